The lowest BCUT2D eigenvalue weighted by Gasteiger charge is -2.17. The number of aryl methyl sites for hydroxylation is 3. The van der Waals surface area contributed by atoms with E-state index in [1.165, 1.54) is 50.0 Å². The lowest BCUT2D eigenvalue weighted by Crippen LogP contribution is -2.27. The monoisotopic (exact) mass is 929 g/mol. The van der Waals surface area contributed by atoms with Gasteiger partial charge in [0, 0.05) is 64.4 Å². The molecule has 0 radical (unpaired) electrons. The first-order valence-electron chi connectivity index (χ1n) is 18.1. The van der Waals surface area contributed by atoms with Crippen LogP contribution in [0.5, 0.6) is 0 Å². The first-order valence-corrected chi connectivity index (χ1v) is 19.2. The maximum Gasteiger partial charge on any atom is 0.272 e. The van der Waals surface area contributed by atoms with E-state index in [0.717, 1.165) is 41.8 Å². The molecule has 2 heterocycles. The van der Waals surface area contributed by atoms with Crippen molar-refractivity contribution in [3.05, 3.63) is 113 Å². The first-order chi connectivity index (χ1) is 27.2. The van der Waals surface area contributed by atoms with Gasteiger partial charge in [0.2, 0.25) is 0 Å². The van der Waals surface area contributed by atoms with Crippen LogP contribution in [0.25, 0.3) is 11.4 Å². The van der Waals surface area contributed by atoms with Crippen LogP contribution in [0.15, 0.2) is 70.0 Å². The first kappa shape index (κ1) is 50.6. The van der Waals surface area contributed by atoms with Gasteiger partial charge >= 0.3 is 0 Å². The fourth-order valence-corrected chi connectivity index (χ4v) is 5.83. The number of alkyl halides is 1. The molecule has 21 heteroatoms. The van der Waals surface area contributed by atoms with Gasteiger partial charge in [-0.05, 0) is 99.0 Å². The van der Waals surface area contributed by atoms with Crippen molar-refractivity contribution in [1.29, 1.82) is 5.26 Å². The van der Waals surface area contributed by atoms with Gasteiger partial charge in [-0.2, -0.15) is 10.4 Å². The summed E-state index contributed by atoms with van der Waals surface area (Å²) in [7, 11) is 0. The lowest BCUT2D eigenvalue weighted by atomic mass is 10.1. The van der Waals surface area contributed by atoms with Gasteiger partial charge in [-0.1, -0.05) is 43.6 Å². The normalized spacial score (nSPS) is 11.2. The molecule has 3 aromatic carbocycles. The number of hydrogen-bond donors (Lipinski definition) is 0. The summed E-state index contributed by atoms with van der Waals surface area (Å²) >= 11 is 3.39. The van der Waals surface area contributed by atoms with Crippen LogP contribution in [-0.4, -0.2) is 102 Å². The molecule has 0 aliphatic carbocycles. The molecule has 0 unspecified atom stereocenters. The highest BCUT2D eigenvalue weighted by Gasteiger charge is 2.16. The van der Waals surface area contributed by atoms with E-state index in [2.05, 4.69) is 84.4 Å². The van der Waals surface area contributed by atoms with Crippen molar-refractivity contribution >= 4 is 55.7 Å². The van der Waals surface area contributed by atoms with E-state index < -0.39 is 9.85 Å². The van der Waals surface area contributed by atoms with Crippen LogP contribution in [0.3, 0.4) is 0 Å². The van der Waals surface area contributed by atoms with Crippen LogP contribution in [0, 0.1) is 62.4 Å². The van der Waals surface area contributed by atoms with Gasteiger partial charge < -0.3 is 9.80 Å². The van der Waals surface area contributed by atoms with Crippen LogP contribution in [0.2, 0.25) is 0 Å². The Labute approximate surface area is 356 Å². The Balaban J connectivity index is 0.000000409. The van der Waals surface area contributed by atoms with E-state index in [0.29, 0.717) is 41.2 Å². The van der Waals surface area contributed by atoms with Crippen LogP contribution < -0.4 is 0 Å². The Bertz CT molecular complexity index is 2060. The molecular formula is C37H49Br2N13O6. The van der Waals surface area contributed by atoms with Gasteiger partial charge in [-0.25, -0.2) is 4.68 Å². The minimum absolute atomic E-state index is 0. The topological polar surface area (TPSA) is 240 Å². The largest absolute Gasteiger partial charge is 0.303 e. The molecule has 0 bridgehead atoms. The molecule has 1 aliphatic rings. The van der Waals surface area contributed by atoms with Gasteiger partial charge in [0.25, 0.3) is 17.1 Å². The second-order valence-electron chi connectivity index (χ2n) is 12.3. The molecule has 0 fully saturated rings. The van der Waals surface area contributed by atoms with Crippen molar-refractivity contribution in [1.82, 2.24) is 30.0 Å². The molecular weight excluding hydrogens is 882 g/mol. The fourth-order valence-electron chi connectivity index (χ4n) is 5.33. The minimum atomic E-state index is -0.462. The number of nitro groups is 3. The molecule has 19 nitrogen and oxygen atoms in total. The highest BCUT2D eigenvalue weighted by molar-refractivity contribution is 9.09. The smallest absolute Gasteiger partial charge is 0.272 e. The van der Waals surface area contributed by atoms with E-state index in [4.69, 9.17) is 5.26 Å². The van der Waals surface area contributed by atoms with E-state index in [1.54, 1.807) is 49.7 Å². The minimum Gasteiger partial charge on any atom is -0.303 e. The third-order valence-corrected chi connectivity index (χ3v) is 9.05. The standard InChI is InChI=1S/C14H20N6O2.C9H8N4O2.C8H6N2O2.C6H14BrN.BrH/c1-4-18(5-2)8-9-19-14(15-16-17-19)12-6-7-13(20(21)22)11(3)10-12;1-6-4-7(8-5-10-12-11-8)2-3-9(6)13(14)15;1-6-4-7(5-9)2-3-8(6)10(11)12;1-3-8(4-2)6-5-7;/h6-7,10H,4-5,8-9H2,1-3H3;2-4H,5H2,1H3;2-4H,1H3;3-6H2,1-2H3;1H. The molecule has 1 aromatic heterocycles. The van der Waals surface area contributed by atoms with Crippen LogP contribution >= 0.6 is 32.9 Å². The number of nitro benzene ring substituents is 3. The number of nitriles is 1. The van der Waals surface area contributed by atoms with Crippen molar-refractivity contribution in [3.63, 3.8) is 0 Å². The Morgan fingerprint density at radius 3 is 1.66 bits per heavy atom. The molecule has 4 aromatic rings. The summed E-state index contributed by atoms with van der Waals surface area (Å²) in [5, 5.41) is 64.2. The molecule has 0 saturated heterocycles. The Kier molecular flexibility index (Phi) is 23.1. The van der Waals surface area contributed by atoms with Crippen LogP contribution in [0.4, 0.5) is 17.1 Å². The number of benzene rings is 3. The van der Waals surface area contributed by atoms with Crippen LogP contribution in [0.1, 0.15) is 55.5 Å². The van der Waals surface area contributed by atoms with Crippen molar-refractivity contribution in [2.75, 3.05) is 51.1 Å². The van der Waals surface area contributed by atoms with Gasteiger partial charge in [-0.15, -0.1) is 27.2 Å². The van der Waals surface area contributed by atoms with E-state index in [-0.39, 0.29) is 39.0 Å². The van der Waals surface area contributed by atoms with Crippen molar-refractivity contribution in [2.24, 2.45) is 15.4 Å². The summed E-state index contributed by atoms with van der Waals surface area (Å²) in [6.45, 7) is 21.1. The van der Waals surface area contributed by atoms with Crippen molar-refractivity contribution in [3.8, 4) is 17.5 Å². The van der Waals surface area contributed by atoms with Crippen LogP contribution in [-0.2, 0) is 6.54 Å². The zero-order valence-corrected chi connectivity index (χ0v) is 36.9. The predicted molar refractivity (Wildman–Crippen MR) is 231 cm³/mol. The maximum absolute atomic E-state index is 10.9. The highest BCUT2D eigenvalue weighted by Crippen LogP contribution is 2.25. The van der Waals surface area contributed by atoms with E-state index >= 15 is 0 Å². The Hall–Kier alpha value is -5.43. The second kappa shape index (κ2) is 26.5. The number of likely N-dealkylation sites (N-methyl/N-ethyl adjacent to an activating group) is 1. The summed E-state index contributed by atoms with van der Waals surface area (Å²) in [5.41, 5.74) is 4.81. The number of halogens is 2. The number of hydrogen-bond acceptors (Lipinski definition) is 15. The molecule has 0 amide bonds. The predicted octanol–water partition coefficient (Wildman–Crippen LogP) is 8.05. The van der Waals surface area contributed by atoms with Crippen molar-refractivity contribution in [2.45, 2.75) is 55.0 Å². The average molecular weight is 932 g/mol. The highest BCUT2D eigenvalue weighted by atomic mass is 79.9. The number of rotatable bonds is 14. The number of tetrazole rings is 1. The van der Waals surface area contributed by atoms with E-state index in [9.17, 15) is 30.3 Å². The molecule has 0 saturated carbocycles. The second-order valence-corrected chi connectivity index (χ2v) is 13.1. The van der Waals surface area contributed by atoms with Gasteiger partial charge in [0.1, 0.15) is 6.54 Å². The molecule has 0 N–H and O–H groups in total. The molecule has 1 aliphatic heterocycles. The fraction of sp³-hybridized carbons (Fsp3) is 0.432. The molecule has 312 valence electrons. The zero-order chi connectivity index (χ0) is 42.5. The summed E-state index contributed by atoms with van der Waals surface area (Å²) in [6, 6.07) is 16.0. The molecule has 58 heavy (non-hydrogen) atoms. The van der Waals surface area contributed by atoms with Crippen molar-refractivity contribution < 1.29 is 14.8 Å². The number of aromatic nitrogens is 4. The maximum atomic E-state index is 10.9. The Morgan fingerprint density at radius 1 is 0.759 bits per heavy atom. The SMILES string of the molecule is Br.CCN(CC)CCBr.CCN(CC)CCn1nnnc1-c1ccc([N+](=O)[O-])c(C)c1.Cc1cc(C#N)ccc1[N+](=O)[O-].Cc1cc(C2=NN=NC2)ccc1[N+](=O)[O-]. The summed E-state index contributed by atoms with van der Waals surface area (Å²) < 4.78 is 1.74. The quantitative estimate of drug-likeness (QED) is 0.0663. The zero-order valence-electron chi connectivity index (χ0n) is 33.6. The van der Waals surface area contributed by atoms with Gasteiger partial charge in [0.15, 0.2) is 5.82 Å². The average Bonchev–Trinajstić information content (AvgIpc) is 3.91. The molecule has 0 atom stereocenters. The number of nitrogens with zero attached hydrogens (tertiary/aromatic N) is 13. The third-order valence-electron chi connectivity index (χ3n) is 8.70. The summed E-state index contributed by atoms with van der Waals surface area (Å²) in [4.78, 5) is 35.2. The summed E-state index contributed by atoms with van der Waals surface area (Å²) in [6.07, 6.45) is 0. The third kappa shape index (κ3) is 15.8. The molecule has 5 rings (SSSR count). The van der Waals surface area contributed by atoms with Gasteiger partial charge in [-0.3, -0.25) is 30.3 Å². The molecule has 0 spiro atoms. The van der Waals surface area contributed by atoms with Gasteiger partial charge in [0.05, 0.1) is 38.7 Å². The van der Waals surface area contributed by atoms with E-state index in [1.807, 2.05) is 6.07 Å². The Morgan fingerprint density at radius 2 is 1.24 bits per heavy atom. The lowest BCUT2D eigenvalue weighted by molar-refractivity contribution is -0.385. The summed E-state index contributed by atoms with van der Waals surface area (Å²) in [5.74, 6) is 0.630.